The second-order valence-corrected chi connectivity index (χ2v) is 17.2. The van der Waals surface area contributed by atoms with Crippen LogP contribution < -0.4 is 5.32 Å². The van der Waals surface area contributed by atoms with Gasteiger partial charge in [0, 0.05) is 18.5 Å². The van der Waals surface area contributed by atoms with Gasteiger partial charge in [0.25, 0.3) is 5.91 Å². The minimum atomic E-state index is -0.985. The van der Waals surface area contributed by atoms with Crippen molar-refractivity contribution in [2.24, 2.45) is 0 Å². The fraction of sp³-hybridized carbons (Fsp3) is 0.491. The number of aliphatic hydroxyl groups excluding tert-OH is 1. The lowest BCUT2D eigenvalue weighted by Crippen LogP contribution is -2.41. The number of likely N-dealkylation sites (tertiary alicyclic amines) is 1. The molecule has 338 valence electrons. The van der Waals surface area contributed by atoms with Crippen LogP contribution in [0.5, 0.6) is 0 Å². The lowest BCUT2D eigenvalue weighted by Gasteiger charge is -2.38. The molecule has 4 atom stereocenters. The highest BCUT2D eigenvalue weighted by Gasteiger charge is 2.40. The van der Waals surface area contributed by atoms with Crippen molar-refractivity contribution in [2.45, 2.75) is 148 Å². The summed E-state index contributed by atoms with van der Waals surface area (Å²) in [6, 6.07) is 32.3. The van der Waals surface area contributed by atoms with E-state index < -0.39 is 24.3 Å². The molecular weight excluding hydrogens is 791 g/mol. The van der Waals surface area contributed by atoms with Gasteiger partial charge in [-0.2, -0.15) is 0 Å². The second-order valence-electron chi connectivity index (χ2n) is 17.2. The third-order valence-electron chi connectivity index (χ3n) is 12.3. The third-order valence-corrected chi connectivity index (χ3v) is 12.3. The summed E-state index contributed by atoms with van der Waals surface area (Å²) in [5.74, 6) is -0.807. The Hall–Kier alpha value is -4.87. The van der Waals surface area contributed by atoms with Gasteiger partial charge in [0.2, 0.25) is 5.91 Å². The molecule has 3 amide bonds. The first-order valence-corrected chi connectivity index (χ1v) is 23.6. The van der Waals surface area contributed by atoms with E-state index in [-0.39, 0.29) is 44.3 Å². The van der Waals surface area contributed by atoms with E-state index >= 15 is 0 Å². The number of alkyl carbamates (subject to hydrolysis) is 1. The highest BCUT2D eigenvalue weighted by molar-refractivity contribution is 6.06. The monoisotopic (exact) mass is 860 g/mol. The zero-order chi connectivity index (χ0) is 44.2. The van der Waals surface area contributed by atoms with E-state index in [0.29, 0.717) is 0 Å². The topological polar surface area (TPSA) is 118 Å². The van der Waals surface area contributed by atoms with Crippen LogP contribution in [0.4, 0.5) is 4.79 Å². The Morgan fingerprint density at radius 2 is 1.35 bits per heavy atom. The maximum absolute atomic E-state index is 13.4. The molecule has 2 N–H and O–H groups in total. The van der Waals surface area contributed by atoms with Gasteiger partial charge in [-0.1, -0.05) is 181 Å². The predicted molar refractivity (Wildman–Crippen MR) is 247 cm³/mol. The molecule has 2 fully saturated rings. The minimum Gasteiger partial charge on any atom is -0.445 e. The summed E-state index contributed by atoms with van der Waals surface area (Å²) >= 11 is 0. The lowest BCUT2D eigenvalue weighted by molar-refractivity contribution is -0.253. The van der Waals surface area contributed by atoms with Gasteiger partial charge in [0.05, 0.1) is 31.8 Å². The quantitative estimate of drug-likeness (QED) is 0.0500. The van der Waals surface area contributed by atoms with Gasteiger partial charge in [0.15, 0.2) is 6.29 Å². The molecule has 0 saturated carbocycles. The second kappa shape index (κ2) is 25.4. The normalized spacial score (nSPS) is 18.9. The molecule has 6 rings (SSSR count). The van der Waals surface area contributed by atoms with Crippen LogP contribution in [-0.4, -0.2) is 64.6 Å². The van der Waals surface area contributed by atoms with E-state index in [1.807, 2.05) is 91.0 Å². The van der Waals surface area contributed by atoms with E-state index in [2.05, 4.69) is 36.2 Å². The zero-order valence-electron chi connectivity index (χ0n) is 37.6. The number of nitrogens with zero attached hydrogens (tertiary/aromatic N) is 2. The molecule has 63 heavy (non-hydrogen) atoms. The first-order chi connectivity index (χ1) is 30.8. The number of hydrogen-bond acceptors (Lipinski definition) is 8. The van der Waals surface area contributed by atoms with E-state index in [1.165, 1.54) is 81.9 Å². The van der Waals surface area contributed by atoms with Gasteiger partial charge in [-0.25, -0.2) is 4.79 Å². The molecule has 10 heteroatoms. The van der Waals surface area contributed by atoms with Crippen molar-refractivity contribution < 1.29 is 33.7 Å². The summed E-state index contributed by atoms with van der Waals surface area (Å²) in [5, 5.41) is 12.3. The van der Waals surface area contributed by atoms with E-state index in [1.54, 1.807) is 0 Å². The van der Waals surface area contributed by atoms with Crippen LogP contribution in [0.2, 0.25) is 0 Å². The van der Waals surface area contributed by atoms with Crippen LogP contribution in [0, 0.1) is 0 Å². The largest absolute Gasteiger partial charge is 0.445 e. The van der Waals surface area contributed by atoms with Gasteiger partial charge >= 0.3 is 6.09 Å². The van der Waals surface area contributed by atoms with E-state index in [4.69, 9.17) is 14.2 Å². The van der Waals surface area contributed by atoms with Gasteiger partial charge in [-0.15, -0.1) is 0 Å². The zero-order valence-corrected chi connectivity index (χ0v) is 37.6. The molecule has 2 heterocycles. The van der Waals surface area contributed by atoms with Gasteiger partial charge in [0.1, 0.15) is 12.6 Å². The van der Waals surface area contributed by atoms with Gasteiger partial charge < -0.3 is 29.5 Å². The molecule has 4 aromatic carbocycles. The fourth-order valence-corrected chi connectivity index (χ4v) is 8.65. The van der Waals surface area contributed by atoms with Gasteiger partial charge in [-0.05, 0) is 59.3 Å². The number of nitrogens with one attached hydrogen (secondary N) is 1. The van der Waals surface area contributed by atoms with E-state index in [9.17, 15) is 19.5 Å². The summed E-state index contributed by atoms with van der Waals surface area (Å²) < 4.78 is 18.9. The molecule has 2 aliphatic heterocycles. The Kier molecular flexibility index (Phi) is 19.2. The number of carbonyl (C=O) groups excluding carboxylic acids is 3. The predicted octanol–water partition coefficient (Wildman–Crippen LogP) is 11.0. The maximum Gasteiger partial charge on any atom is 0.408 e. The number of unbranched alkanes of at least 4 members (excludes halogenated alkanes) is 10. The van der Waals surface area contributed by atoms with Gasteiger partial charge in [-0.3, -0.25) is 14.5 Å². The Morgan fingerprint density at radius 1 is 0.730 bits per heavy atom. The number of ether oxygens (including phenoxy) is 3. The molecular formula is C53H69N3O7. The van der Waals surface area contributed by atoms with Crippen LogP contribution in [0.25, 0.3) is 11.1 Å². The van der Waals surface area contributed by atoms with Crippen LogP contribution in [0.15, 0.2) is 103 Å². The van der Waals surface area contributed by atoms with E-state index in [0.717, 1.165) is 65.0 Å². The molecule has 2 saturated heterocycles. The van der Waals surface area contributed by atoms with Crippen molar-refractivity contribution >= 4 is 17.9 Å². The number of aliphatic hydroxyl groups is 1. The Bertz CT molecular complexity index is 1970. The van der Waals surface area contributed by atoms with Crippen LogP contribution in [-0.2, 0) is 43.6 Å². The number of carbonyl (C=O) groups is 3. The van der Waals surface area contributed by atoms with Crippen molar-refractivity contribution in [3.05, 3.63) is 131 Å². The Balaban J connectivity index is 1.13. The minimum absolute atomic E-state index is 0.00409. The van der Waals surface area contributed by atoms with Crippen molar-refractivity contribution in [2.75, 3.05) is 19.6 Å². The molecule has 0 aliphatic carbocycles. The molecule has 0 aromatic heterocycles. The first kappa shape index (κ1) is 47.6. The smallest absolute Gasteiger partial charge is 0.408 e. The number of amides is 3. The highest BCUT2D eigenvalue weighted by atomic mass is 16.7. The Labute approximate surface area is 375 Å². The summed E-state index contributed by atoms with van der Waals surface area (Å²) in [6.45, 7) is 7.66. The van der Waals surface area contributed by atoms with Crippen molar-refractivity contribution in [1.29, 1.82) is 0 Å². The molecule has 0 bridgehead atoms. The fourth-order valence-electron chi connectivity index (χ4n) is 8.65. The SMILES string of the molecule is CCCCCCCCN(CCCCCCCC)CC1CC(c2ccc(CO)cc2)OC(c2ccc(-c3ccccc3CN3C(=O)CC(NC(=O)OCc4ccccc4)C3=O)cc2)O1. The molecule has 0 spiro atoms. The average Bonchev–Trinajstić information content (AvgIpc) is 3.57. The Morgan fingerprint density at radius 3 is 2.02 bits per heavy atom. The molecule has 4 unspecified atom stereocenters. The van der Waals surface area contributed by atoms with Crippen molar-refractivity contribution in [3.63, 3.8) is 0 Å². The third kappa shape index (κ3) is 14.6. The molecule has 10 nitrogen and oxygen atoms in total. The lowest BCUT2D eigenvalue weighted by atomic mass is 9.97. The standard InChI is InChI=1S/C53H69N3O7/c1-3-5-7-9-11-18-32-55(33-19-12-10-8-6-4-2)37-46-34-49(43-26-24-40(38-57)25-27-43)63-52(62-46)44-30-28-42(29-31-44)47-23-17-16-22-45(47)36-56-50(58)35-48(51(56)59)54-53(60)61-39-41-20-14-13-15-21-41/h13-17,20-31,46,48-49,52,57H,3-12,18-19,32-39H2,1-2H3,(H,54,60). The molecule has 0 radical (unpaired) electrons. The summed E-state index contributed by atoms with van der Waals surface area (Å²) in [5.41, 5.74) is 6.31. The van der Waals surface area contributed by atoms with Crippen LogP contribution >= 0.6 is 0 Å². The summed E-state index contributed by atoms with van der Waals surface area (Å²) in [7, 11) is 0. The molecule has 2 aliphatic rings. The van der Waals surface area contributed by atoms with Crippen LogP contribution in [0.3, 0.4) is 0 Å². The summed E-state index contributed by atoms with van der Waals surface area (Å²) in [6.07, 6.45) is 14.3. The number of benzene rings is 4. The number of rotatable bonds is 25. The highest BCUT2D eigenvalue weighted by Crippen LogP contribution is 2.39. The first-order valence-electron chi connectivity index (χ1n) is 23.6. The van der Waals surface area contributed by atoms with Crippen LogP contribution in [0.1, 0.15) is 144 Å². The van der Waals surface area contributed by atoms with Crippen molar-refractivity contribution in [3.8, 4) is 11.1 Å². The average molecular weight is 860 g/mol. The maximum atomic E-state index is 13.4. The number of imide groups is 1. The molecule has 4 aromatic rings. The number of hydrogen-bond donors (Lipinski definition) is 2. The summed E-state index contributed by atoms with van der Waals surface area (Å²) in [4.78, 5) is 43.0. The van der Waals surface area contributed by atoms with Crippen molar-refractivity contribution in [1.82, 2.24) is 15.1 Å².